The normalized spacial score (nSPS) is 19.4. The van der Waals surface area contributed by atoms with E-state index in [4.69, 9.17) is 19.3 Å². The largest absolute Gasteiger partial charge is 0.493 e. The molecule has 2 aliphatic rings. The van der Waals surface area contributed by atoms with Crippen LogP contribution in [0.15, 0.2) is 76.3 Å². The van der Waals surface area contributed by atoms with Crippen molar-refractivity contribution in [2.24, 2.45) is 5.10 Å². The molecule has 5 nitrogen and oxygen atoms in total. The summed E-state index contributed by atoms with van der Waals surface area (Å²) in [7, 11) is 3.29. The molecule has 6 heteroatoms. The van der Waals surface area contributed by atoms with Gasteiger partial charge in [0.2, 0.25) is 6.23 Å². The molecule has 0 aromatic heterocycles. The van der Waals surface area contributed by atoms with E-state index in [1.54, 1.807) is 14.2 Å². The van der Waals surface area contributed by atoms with E-state index in [2.05, 4.69) is 45.2 Å². The monoisotopic (exact) mass is 464 g/mol. The zero-order chi connectivity index (χ0) is 20.7. The second-order valence-corrected chi connectivity index (χ2v) is 8.19. The maximum absolute atomic E-state index is 6.40. The molecule has 0 bridgehead atoms. The fraction of sp³-hybridized carbons (Fsp3) is 0.208. The number of halogens is 1. The van der Waals surface area contributed by atoms with Crippen LogP contribution in [0.25, 0.3) is 0 Å². The van der Waals surface area contributed by atoms with Gasteiger partial charge >= 0.3 is 0 Å². The first kappa shape index (κ1) is 19.0. The van der Waals surface area contributed by atoms with E-state index >= 15 is 0 Å². The van der Waals surface area contributed by atoms with E-state index in [0.717, 1.165) is 39.0 Å². The van der Waals surface area contributed by atoms with Crippen LogP contribution in [0.3, 0.4) is 0 Å². The molecule has 0 saturated heterocycles. The third-order valence-corrected chi connectivity index (χ3v) is 6.10. The molecular weight excluding hydrogens is 444 g/mol. The number of ether oxygens (including phenoxy) is 3. The molecule has 3 aromatic rings. The molecule has 2 atom stereocenters. The number of para-hydroxylation sites is 1. The Balaban J connectivity index is 1.57. The Morgan fingerprint density at radius 3 is 2.50 bits per heavy atom. The SMILES string of the molecule is COc1ccc(C2=NN3[C@@H](C2)c2ccccc2O[C@H]3c2ccc(Br)cc2)cc1OC. The van der Waals surface area contributed by atoms with Gasteiger partial charge in [0.15, 0.2) is 11.5 Å². The highest BCUT2D eigenvalue weighted by Gasteiger charge is 2.40. The molecule has 0 N–H and O–H groups in total. The van der Waals surface area contributed by atoms with Crippen molar-refractivity contribution in [3.05, 3.63) is 87.9 Å². The van der Waals surface area contributed by atoms with Gasteiger partial charge in [0.05, 0.1) is 26.0 Å². The lowest BCUT2D eigenvalue weighted by Gasteiger charge is -2.38. The molecule has 2 aliphatic heterocycles. The van der Waals surface area contributed by atoms with E-state index in [1.165, 1.54) is 0 Å². The second kappa shape index (κ2) is 7.69. The summed E-state index contributed by atoms with van der Waals surface area (Å²) in [6.45, 7) is 0. The molecular formula is C24H21BrN2O3. The van der Waals surface area contributed by atoms with Crippen molar-refractivity contribution in [3.63, 3.8) is 0 Å². The average Bonchev–Trinajstić information content (AvgIpc) is 3.24. The van der Waals surface area contributed by atoms with Crippen molar-refractivity contribution in [2.45, 2.75) is 18.7 Å². The highest BCUT2D eigenvalue weighted by molar-refractivity contribution is 9.10. The predicted octanol–water partition coefficient (Wildman–Crippen LogP) is 5.71. The molecule has 2 heterocycles. The molecule has 30 heavy (non-hydrogen) atoms. The van der Waals surface area contributed by atoms with Gasteiger partial charge in [0.1, 0.15) is 5.75 Å². The lowest BCUT2D eigenvalue weighted by atomic mass is 9.96. The molecule has 5 rings (SSSR count). The van der Waals surface area contributed by atoms with Gasteiger partial charge in [-0.05, 0) is 36.4 Å². The van der Waals surface area contributed by atoms with Crippen LogP contribution in [-0.4, -0.2) is 24.9 Å². The van der Waals surface area contributed by atoms with Crippen molar-refractivity contribution >= 4 is 21.6 Å². The first-order valence-corrected chi connectivity index (χ1v) is 10.6. The average molecular weight is 465 g/mol. The second-order valence-electron chi connectivity index (χ2n) is 7.28. The highest BCUT2D eigenvalue weighted by Crippen LogP contribution is 2.47. The van der Waals surface area contributed by atoms with Gasteiger partial charge in [-0.25, -0.2) is 5.01 Å². The lowest BCUT2D eigenvalue weighted by Crippen LogP contribution is -2.33. The van der Waals surface area contributed by atoms with Gasteiger partial charge in [0.25, 0.3) is 0 Å². The molecule has 0 amide bonds. The summed E-state index contributed by atoms with van der Waals surface area (Å²) in [4.78, 5) is 0. The molecule has 0 aliphatic carbocycles. The van der Waals surface area contributed by atoms with E-state index in [-0.39, 0.29) is 12.3 Å². The molecule has 0 saturated carbocycles. The first-order chi connectivity index (χ1) is 14.7. The summed E-state index contributed by atoms with van der Waals surface area (Å²) in [5.41, 5.74) is 4.25. The third kappa shape index (κ3) is 3.21. The smallest absolute Gasteiger partial charge is 0.213 e. The Morgan fingerprint density at radius 2 is 1.73 bits per heavy atom. The summed E-state index contributed by atoms with van der Waals surface area (Å²) in [5.74, 6) is 2.32. The molecule has 0 spiro atoms. The number of hydrazone groups is 1. The fourth-order valence-corrected chi connectivity index (χ4v) is 4.34. The number of rotatable bonds is 4. The predicted molar refractivity (Wildman–Crippen MR) is 119 cm³/mol. The summed E-state index contributed by atoms with van der Waals surface area (Å²) < 4.78 is 18.3. The standard InChI is InChI=1S/C24H21BrN2O3/c1-28-22-12-9-16(13-23(22)29-2)19-14-20-18-5-3-4-6-21(18)30-24(27(20)26-19)15-7-10-17(25)11-8-15/h3-13,20,24H,14H2,1-2H3/t20-,24-/m0/s1. The Bertz CT molecular complexity index is 1110. The number of benzene rings is 3. The van der Waals surface area contributed by atoms with Crippen LogP contribution in [-0.2, 0) is 0 Å². The van der Waals surface area contributed by atoms with Crippen molar-refractivity contribution < 1.29 is 14.2 Å². The number of methoxy groups -OCH3 is 2. The Morgan fingerprint density at radius 1 is 0.967 bits per heavy atom. The quantitative estimate of drug-likeness (QED) is 0.495. The van der Waals surface area contributed by atoms with Crippen molar-refractivity contribution in [2.75, 3.05) is 14.2 Å². The van der Waals surface area contributed by atoms with Crippen LogP contribution in [0.1, 0.15) is 35.4 Å². The van der Waals surface area contributed by atoms with E-state index in [0.29, 0.717) is 11.5 Å². The van der Waals surface area contributed by atoms with Gasteiger partial charge in [-0.2, -0.15) is 5.10 Å². The molecule has 0 fully saturated rings. The number of fused-ring (bicyclic) bond motifs is 3. The summed E-state index contributed by atoms with van der Waals surface area (Å²) in [6.07, 6.45) is 0.513. The van der Waals surface area contributed by atoms with Crippen molar-refractivity contribution in [1.82, 2.24) is 5.01 Å². The zero-order valence-electron chi connectivity index (χ0n) is 16.7. The zero-order valence-corrected chi connectivity index (χ0v) is 18.3. The summed E-state index contributed by atoms with van der Waals surface area (Å²) in [6, 6.07) is 22.5. The summed E-state index contributed by atoms with van der Waals surface area (Å²) in [5, 5.41) is 7.09. The molecule has 0 radical (unpaired) electrons. The number of hydrogen-bond donors (Lipinski definition) is 0. The number of nitrogens with zero attached hydrogens (tertiary/aromatic N) is 2. The first-order valence-electron chi connectivity index (χ1n) is 9.77. The van der Waals surface area contributed by atoms with Gasteiger partial charge in [0, 0.05) is 27.6 Å². The summed E-state index contributed by atoms with van der Waals surface area (Å²) >= 11 is 3.51. The topological polar surface area (TPSA) is 43.3 Å². The Hall–Kier alpha value is -2.99. The van der Waals surface area contributed by atoms with Gasteiger partial charge in [-0.3, -0.25) is 0 Å². The minimum atomic E-state index is -0.282. The van der Waals surface area contributed by atoms with Crippen LogP contribution >= 0.6 is 15.9 Å². The lowest BCUT2D eigenvalue weighted by molar-refractivity contribution is -0.0190. The van der Waals surface area contributed by atoms with Crippen LogP contribution in [0.4, 0.5) is 0 Å². The van der Waals surface area contributed by atoms with E-state index < -0.39 is 0 Å². The maximum Gasteiger partial charge on any atom is 0.213 e. The molecule has 3 aromatic carbocycles. The minimum absolute atomic E-state index is 0.117. The van der Waals surface area contributed by atoms with Gasteiger partial charge < -0.3 is 14.2 Å². The van der Waals surface area contributed by atoms with Crippen LogP contribution in [0.5, 0.6) is 17.2 Å². The number of hydrogen-bond acceptors (Lipinski definition) is 5. The van der Waals surface area contributed by atoms with E-state index in [9.17, 15) is 0 Å². The third-order valence-electron chi connectivity index (χ3n) is 5.57. The maximum atomic E-state index is 6.40. The molecule has 152 valence electrons. The van der Waals surface area contributed by atoms with Gasteiger partial charge in [-0.15, -0.1) is 0 Å². The fourth-order valence-electron chi connectivity index (χ4n) is 4.07. The Kier molecular flexibility index (Phi) is 4.87. The van der Waals surface area contributed by atoms with Crippen LogP contribution < -0.4 is 14.2 Å². The Labute approximate surface area is 184 Å². The van der Waals surface area contributed by atoms with Gasteiger partial charge in [-0.1, -0.05) is 46.3 Å². The molecule has 0 unspecified atom stereocenters. The van der Waals surface area contributed by atoms with Crippen molar-refractivity contribution in [1.29, 1.82) is 0 Å². The highest BCUT2D eigenvalue weighted by atomic mass is 79.9. The van der Waals surface area contributed by atoms with Crippen LogP contribution in [0.2, 0.25) is 0 Å². The van der Waals surface area contributed by atoms with Crippen molar-refractivity contribution in [3.8, 4) is 17.2 Å². The minimum Gasteiger partial charge on any atom is -0.493 e. The van der Waals surface area contributed by atoms with Crippen LogP contribution in [0, 0.1) is 0 Å². The van der Waals surface area contributed by atoms with E-state index in [1.807, 2.05) is 42.5 Å².